The van der Waals surface area contributed by atoms with Crippen LogP contribution in [0, 0.1) is 0 Å². The fraction of sp³-hybridized carbons (Fsp3) is 0. The van der Waals surface area contributed by atoms with Crippen LogP contribution in [0.1, 0.15) is 10.4 Å². The first kappa shape index (κ1) is 9.03. The lowest BCUT2D eigenvalue weighted by Gasteiger charge is -2.04. The molecule has 2 aromatic rings. The Balaban J connectivity index is 2.90. The predicted octanol–water partition coefficient (Wildman–Crippen LogP) is 2.59. The second-order valence-corrected chi connectivity index (χ2v) is 3.41. The number of benzene rings is 2. The second-order valence-electron chi connectivity index (χ2n) is 3.01. The van der Waals surface area contributed by atoms with Gasteiger partial charge in [0, 0.05) is 0 Å². The van der Waals surface area contributed by atoms with Gasteiger partial charge in [0.05, 0.1) is 10.6 Å². The molecule has 0 spiro atoms. The van der Waals surface area contributed by atoms with Crippen LogP contribution in [0.15, 0.2) is 36.4 Å². The summed E-state index contributed by atoms with van der Waals surface area (Å²) in [6, 6.07) is 11.1. The summed E-state index contributed by atoms with van der Waals surface area (Å²) in [4.78, 5) is 11.2. The normalized spacial score (nSPS) is 10.4. The van der Waals surface area contributed by atoms with Gasteiger partial charge < -0.3 is 5.73 Å². The summed E-state index contributed by atoms with van der Waals surface area (Å²) in [5.74, 6) is -0.494. The lowest BCUT2D eigenvalue weighted by atomic mass is 10.0. The summed E-state index contributed by atoms with van der Waals surface area (Å²) in [5, 5.41) is 2.16. The van der Waals surface area contributed by atoms with Crippen LogP contribution in [0.5, 0.6) is 0 Å². The molecule has 0 atom stereocenters. The largest absolute Gasteiger partial charge is 0.366 e. The highest BCUT2D eigenvalue weighted by Gasteiger charge is 2.10. The molecule has 0 radical (unpaired) electrons. The minimum atomic E-state index is -0.494. The fourth-order valence-electron chi connectivity index (χ4n) is 1.50. The number of carbonyl (C=O) groups excluding carboxylic acids is 1. The van der Waals surface area contributed by atoms with Gasteiger partial charge >= 0.3 is 0 Å². The van der Waals surface area contributed by atoms with Crippen molar-refractivity contribution >= 4 is 28.3 Å². The van der Waals surface area contributed by atoms with Crippen LogP contribution in [0.4, 0.5) is 0 Å². The molecule has 0 heterocycles. The Labute approximate surface area is 86.3 Å². The molecule has 2 N–H and O–H groups in total. The molecule has 0 aliphatic rings. The van der Waals surface area contributed by atoms with Crippen LogP contribution in [-0.2, 0) is 0 Å². The van der Waals surface area contributed by atoms with Crippen LogP contribution in [-0.4, -0.2) is 5.91 Å². The van der Waals surface area contributed by atoms with E-state index in [9.17, 15) is 4.79 Å². The number of hydrogen-bond donors (Lipinski definition) is 1. The molecule has 14 heavy (non-hydrogen) atoms. The molecule has 2 nitrogen and oxygen atoms in total. The van der Waals surface area contributed by atoms with Crippen LogP contribution >= 0.6 is 11.6 Å². The summed E-state index contributed by atoms with van der Waals surface area (Å²) in [6.07, 6.45) is 0. The van der Waals surface area contributed by atoms with Crippen molar-refractivity contribution in [3.05, 3.63) is 47.0 Å². The zero-order valence-electron chi connectivity index (χ0n) is 7.33. The lowest BCUT2D eigenvalue weighted by Crippen LogP contribution is -2.12. The van der Waals surface area contributed by atoms with E-state index >= 15 is 0 Å². The van der Waals surface area contributed by atoms with E-state index in [1.54, 1.807) is 6.07 Å². The fourth-order valence-corrected chi connectivity index (χ4v) is 1.75. The van der Waals surface area contributed by atoms with E-state index < -0.39 is 5.91 Å². The van der Waals surface area contributed by atoms with E-state index in [0.717, 1.165) is 10.8 Å². The Kier molecular flexibility index (Phi) is 2.14. The summed E-state index contributed by atoms with van der Waals surface area (Å²) >= 11 is 5.90. The maximum absolute atomic E-state index is 11.2. The molecule has 0 aliphatic heterocycles. The Morgan fingerprint density at radius 2 is 1.86 bits per heavy atom. The average Bonchev–Trinajstić information content (AvgIpc) is 2.17. The first-order valence-corrected chi connectivity index (χ1v) is 4.55. The van der Waals surface area contributed by atoms with Gasteiger partial charge in [-0.3, -0.25) is 4.79 Å². The third kappa shape index (κ3) is 1.34. The van der Waals surface area contributed by atoms with Crippen molar-refractivity contribution in [2.75, 3.05) is 0 Å². The molecular formula is C11H8ClNO. The third-order valence-corrected chi connectivity index (χ3v) is 2.44. The van der Waals surface area contributed by atoms with Gasteiger partial charge in [-0.15, -0.1) is 0 Å². The van der Waals surface area contributed by atoms with Crippen molar-refractivity contribution in [1.29, 1.82) is 0 Å². The molecular weight excluding hydrogens is 198 g/mol. The smallest absolute Gasteiger partial charge is 0.250 e. The van der Waals surface area contributed by atoms with Crippen molar-refractivity contribution in [3.8, 4) is 0 Å². The van der Waals surface area contributed by atoms with Crippen molar-refractivity contribution in [2.45, 2.75) is 0 Å². The molecule has 2 rings (SSSR count). The average molecular weight is 206 g/mol. The summed E-state index contributed by atoms with van der Waals surface area (Å²) in [5.41, 5.74) is 5.65. The van der Waals surface area contributed by atoms with Crippen LogP contribution in [0.25, 0.3) is 10.8 Å². The highest BCUT2D eigenvalue weighted by molar-refractivity contribution is 6.35. The van der Waals surface area contributed by atoms with Gasteiger partial charge in [0.15, 0.2) is 0 Å². The number of halogens is 1. The number of amides is 1. The molecule has 0 unspecified atom stereocenters. The first-order chi connectivity index (χ1) is 6.70. The van der Waals surface area contributed by atoms with Crippen molar-refractivity contribution in [1.82, 2.24) is 0 Å². The number of nitrogens with two attached hydrogens (primary N) is 1. The van der Waals surface area contributed by atoms with E-state index in [2.05, 4.69) is 0 Å². The Morgan fingerprint density at radius 3 is 2.57 bits per heavy atom. The highest BCUT2D eigenvalue weighted by atomic mass is 35.5. The van der Waals surface area contributed by atoms with Crippen molar-refractivity contribution in [3.63, 3.8) is 0 Å². The SMILES string of the molecule is NC(=O)c1c(Cl)ccc2ccccc12. The molecule has 2 aromatic carbocycles. The summed E-state index contributed by atoms with van der Waals surface area (Å²) in [7, 11) is 0. The lowest BCUT2D eigenvalue weighted by molar-refractivity contribution is 0.100. The molecule has 70 valence electrons. The van der Waals surface area contributed by atoms with Crippen LogP contribution < -0.4 is 5.73 Å². The monoisotopic (exact) mass is 205 g/mol. The van der Waals surface area contributed by atoms with Gasteiger partial charge in [-0.2, -0.15) is 0 Å². The minimum absolute atomic E-state index is 0.393. The van der Waals surface area contributed by atoms with Gasteiger partial charge in [0.25, 0.3) is 5.91 Å². The van der Waals surface area contributed by atoms with Crippen molar-refractivity contribution < 1.29 is 4.79 Å². The van der Waals surface area contributed by atoms with Crippen LogP contribution in [0.3, 0.4) is 0 Å². The van der Waals surface area contributed by atoms with E-state index in [0.29, 0.717) is 10.6 Å². The van der Waals surface area contributed by atoms with E-state index in [4.69, 9.17) is 17.3 Å². The maximum Gasteiger partial charge on any atom is 0.250 e. The third-order valence-electron chi connectivity index (χ3n) is 2.12. The highest BCUT2D eigenvalue weighted by Crippen LogP contribution is 2.25. The Hall–Kier alpha value is -1.54. The summed E-state index contributed by atoms with van der Waals surface area (Å²) < 4.78 is 0. The van der Waals surface area contributed by atoms with E-state index in [-0.39, 0.29) is 0 Å². The number of hydrogen-bond acceptors (Lipinski definition) is 1. The zero-order valence-corrected chi connectivity index (χ0v) is 8.08. The van der Waals surface area contributed by atoms with Gasteiger partial charge in [-0.1, -0.05) is 41.9 Å². The number of rotatable bonds is 1. The molecule has 0 fully saturated rings. The standard InChI is InChI=1S/C11H8ClNO/c12-9-6-5-7-3-1-2-4-8(7)10(9)11(13)14/h1-6H,(H2,13,14). The second kappa shape index (κ2) is 3.31. The quantitative estimate of drug-likeness (QED) is 0.764. The van der Waals surface area contributed by atoms with E-state index in [1.807, 2.05) is 30.3 Å². The van der Waals surface area contributed by atoms with Crippen LogP contribution in [0.2, 0.25) is 5.02 Å². The number of carbonyl (C=O) groups is 1. The van der Waals surface area contributed by atoms with Gasteiger partial charge in [0.1, 0.15) is 0 Å². The molecule has 0 saturated carbocycles. The topological polar surface area (TPSA) is 43.1 Å². The predicted molar refractivity (Wildman–Crippen MR) is 57.5 cm³/mol. The Bertz CT molecular complexity index is 508. The number of primary amides is 1. The molecule has 3 heteroatoms. The molecule has 0 aliphatic carbocycles. The van der Waals surface area contributed by atoms with Gasteiger partial charge in [0.2, 0.25) is 0 Å². The Morgan fingerprint density at radius 1 is 1.14 bits per heavy atom. The molecule has 1 amide bonds. The van der Waals surface area contributed by atoms with E-state index in [1.165, 1.54) is 0 Å². The van der Waals surface area contributed by atoms with Gasteiger partial charge in [-0.25, -0.2) is 0 Å². The first-order valence-electron chi connectivity index (χ1n) is 4.17. The van der Waals surface area contributed by atoms with Crippen molar-refractivity contribution in [2.24, 2.45) is 5.73 Å². The molecule has 0 bridgehead atoms. The molecule has 0 saturated heterocycles. The maximum atomic E-state index is 11.2. The zero-order chi connectivity index (χ0) is 10.1. The van der Waals surface area contributed by atoms with Gasteiger partial charge in [-0.05, 0) is 16.8 Å². The number of fused-ring (bicyclic) bond motifs is 1. The molecule has 0 aromatic heterocycles. The summed E-state index contributed by atoms with van der Waals surface area (Å²) in [6.45, 7) is 0. The minimum Gasteiger partial charge on any atom is -0.366 e.